The van der Waals surface area contributed by atoms with Crippen LogP contribution in [0.1, 0.15) is 18.9 Å². The van der Waals surface area contributed by atoms with E-state index in [1.54, 1.807) is 14.2 Å². The summed E-state index contributed by atoms with van der Waals surface area (Å²) in [5.41, 5.74) is 1.21. The monoisotopic (exact) mass is 293 g/mol. The molecule has 0 aliphatic heterocycles. The fraction of sp³-hybridized carbons (Fsp3) is 0.562. The fourth-order valence-corrected chi connectivity index (χ4v) is 2.06. The highest BCUT2D eigenvalue weighted by Gasteiger charge is 2.08. The molecule has 0 fully saturated rings. The van der Waals surface area contributed by atoms with E-state index >= 15 is 0 Å². The molecule has 0 aliphatic rings. The van der Waals surface area contributed by atoms with Crippen LogP contribution < -0.4 is 14.8 Å². The van der Waals surface area contributed by atoms with Crippen LogP contribution in [0.4, 0.5) is 0 Å². The van der Waals surface area contributed by atoms with Gasteiger partial charge in [0.2, 0.25) is 0 Å². The maximum absolute atomic E-state index is 5.33. The summed E-state index contributed by atoms with van der Waals surface area (Å²) in [6, 6.07) is 6.03. The second-order valence-electron chi connectivity index (χ2n) is 4.83. The highest BCUT2D eigenvalue weighted by molar-refractivity contribution is 5.79. The Morgan fingerprint density at radius 1 is 1.24 bits per heavy atom. The van der Waals surface area contributed by atoms with Crippen molar-refractivity contribution >= 4 is 5.96 Å². The first-order valence-electron chi connectivity index (χ1n) is 7.28. The van der Waals surface area contributed by atoms with Crippen LogP contribution >= 0.6 is 0 Å². The maximum atomic E-state index is 5.33. The molecule has 118 valence electrons. The molecule has 0 bridgehead atoms. The molecule has 1 aromatic rings. The minimum absolute atomic E-state index is 0.759. The Balaban J connectivity index is 2.62. The molecule has 0 radical (unpaired) electrons. The zero-order valence-electron chi connectivity index (χ0n) is 13.8. The quantitative estimate of drug-likeness (QED) is 0.618. The van der Waals surface area contributed by atoms with Crippen molar-refractivity contribution in [2.45, 2.75) is 19.8 Å². The molecular weight excluding hydrogens is 266 g/mol. The predicted octanol–water partition coefficient (Wildman–Crippen LogP) is 2.16. The van der Waals surface area contributed by atoms with E-state index in [0.717, 1.165) is 43.4 Å². The number of hydrogen-bond donors (Lipinski definition) is 1. The summed E-state index contributed by atoms with van der Waals surface area (Å²) in [5, 5.41) is 3.33. The summed E-state index contributed by atoms with van der Waals surface area (Å²) in [6.07, 6.45) is 2.01. The lowest BCUT2D eigenvalue weighted by atomic mass is 10.1. The molecule has 0 amide bonds. The highest BCUT2D eigenvalue weighted by Crippen LogP contribution is 2.27. The van der Waals surface area contributed by atoms with Crippen LogP contribution in [-0.4, -0.2) is 52.3 Å². The molecule has 0 aromatic heterocycles. The lowest BCUT2D eigenvalue weighted by Gasteiger charge is -2.22. The first kappa shape index (κ1) is 17.1. The van der Waals surface area contributed by atoms with E-state index in [9.17, 15) is 0 Å². The predicted molar refractivity (Wildman–Crippen MR) is 87.5 cm³/mol. The fourth-order valence-electron chi connectivity index (χ4n) is 2.06. The van der Waals surface area contributed by atoms with Crippen LogP contribution in [-0.2, 0) is 6.42 Å². The topological polar surface area (TPSA) is 46.1 Å². The van der Waals surface area contributed by atoms with Crippen molar-refractivity contribution in [2.75, 3.05) is 41.4 Å². The second-order valence-corrected chi connectivity index (χ2v) is 4.83. The molecule has 0 unspecified atom stereocenters. The average molecular weight is 293 g/mol. The maximum Gasteiger partial charge on any atom is 0.193 e. The van der Waals surface area contributed by atoms with Crippen molar-refractivity contribution in [3.8, 4) is 11.5 Å². The summed E-state index contributed by atoms with van der Waals surface area (Å²) in [6.45, 7) is 3.97. The summed E-state index contributed by atoms with van der Waals surface area (Å²) >= 11 is 0. The molecule has 0 heterocycles. The number of aliphatic imine (C=N–C) groups is 1. The number of ether oxygens (including phenoxy) is 2. The van der Waals surface area contributed by atoms with Crippen molar-refractivity contribution in [1.29, 1.82) is 0 Å². The zero-order valence-corrected chi connectivity index (χ0v) is 13.8. The van der Waals surface area contributed by atoms with Gasteiger partial charge in [-0.05, 0) is 30.5 Å². The molecule has 0 aliphatic carbocycles. The van der Waals surface area contributed by atoms with E-state index in [1.165, 1.54) is 5.56 Å². The third-order valence-electron chi connectivity index (χ3n) is 3.29. The van der Waals surface area contributed by atoms with Gasteiger partial charge in [0.25, 0.3) is 0 Å². The van der Waals surface area contributed by atoms with Gasteiger partial charge in [0.15, 0.2) is 17.5 Å². The molecule has 1 N–H and O–H groups in total. The van der Waals surface area contributed by atoms with Crippen molar-refractivity contribution in [3.05, 3.63) is 23.8 Å². The molecule has 1 aromatic carbocycles. The van der Waals surface area contributed by atoms with Crippen molar-refractivity contribution in [3.63, 3.8) is 0 Å². The number of nitrogens with one attached hydrogen (secondary N) is 1. The van der Waals surface area contributed by atoms with E-state index in [0.29, 0.717) is 0 Å². The first-order chi connectivity index (χ1) is 10.2. The number of nitrogens with zero attached hydrogens (tertiary/aromatic N) is 2. The van der Waals surface area contributed by atoms with E-state index in [1.807, 2.05) is 26.2 Å². The smallest absolute Gasteiger partial charge is 0.193 e. The number of guanidine groups is 1. The van der Waals surface area contributed by atoms with E-state index in [-0.39, 0.29) is 0 Å². The summed E-state index contributed by atoms with van der Waals surface area (Å²) in [4.78, 5) is 6.42. The molecule has 5 nitrogen and oxygen atoms in total. The van der Waals surface area contributed by atoms with Crippen molar-refractivity contribution < 1.29 is 9.47 Å². The van der Waals surface area contributed by atoms with Gasteiger partial charge in [-0.15, -0.1) is 0 Å². The van der Waals surface area contributed by atoms with Gasteiger partial charge in [0, 0.05) is 27.2 Å². The van der Waals surface area contributed by atoms with Gasteiger partial charge < -0.3 is 19.7 Å². The van der Waals surface area contributed by atoms with E-state index in [4.69, 9.17) is 9.47 Å². The van der Waals surface area contributed by atoms with E-state index in [2.05, 4.69) is 28.2 Å². The van der Waals surface area contributed by atoms with E-state index < -0.39 is 0 Å². The van der Waals surface area contributed by atoms with Gasteiger partial charge in [-0.2, -0.15) is 0 Å². The molecule has 5 heteroatoms. The largest absolute Gasteiger partial charge is 0.493 e. The van der Waals surface area contributed by atoms with Gasteiger partial charge in [0.05, 0.1) is 14.2 Å². The van der Waals surface area contributed by atoms with Crippen LogP contribution in [0.15, 0.2) is 23.2 Å². The average Bonchev–Trinajstić information content (AvgIpc) is 2.53. The van der Waals surface area contributed by atoms with Gasteiger partial charge in [-0.25, -0.2) is 0 Å². The van der Waals surface area contributed by atoms with Gasteiger partial charge in [-0.1, -0.05) is 13.0 Å². The van der Waals surface area contributed by atoms with Crippen molar-refractivity contribution in [1.82, 2.24) is 10.2 Å². The Morgan fingerprint density at radius 3 is 2.52 bits per heavy atom. The van der Waals surface area contributed by atoms with Crippen LogP contribution in [0, 0.1) is 0 Å². The molecule has 21 heavy (non-hydrogen) atoms. The van der Waals surface area contributed by atoms with Gasteiger partial charge in [0.1, 0.15) is 0 Å². The molecule has 0 saturated heterocycles. The van der Waals surface area contributed by atoms with Crippen molar-refractivity contribution in [2.24, 2.45) is 4.99 Å². The Bertz CT molecular complexity index is 461. The van der Waals surface area contributed by atoms with Gasteiger partial charge in [-0.3, -0.25) is 4.99 Å². The Morgan fingerprint density at radius 2 is 1.95 bits per heavy atom. The molecular formula is C16H27N3O2. The second kappa shape index (κ2) is 9.10. The van der Waals surface area contributed by atoms with Gasteiger partial charge >= 0.3 is 0 Å². The summed E-state index contributed by atoms with van der Waals surface area (Å²) in [5.74, 6) is 2.46. The normalized spacial score (nSPS) is 11.2. The molecule has 0 spiro atoms. The Labute approximate surface area is 128 Å². The molecule has 0 saturated carbocycles. The van der Waals surface area contributed by atoms with Crippen LogP contribution in [0.25, 0.3) is 0 Å². The number of benzene rings is 1. The molecule has 1 rings (SSSR count). The molecule has 0 atom stereocenters. The number of likely N-dealkylation sites (N-methyl/N-ethyl adjacent to an activating group) is 1. The first-order valence-corrected chi connectivity index (χ1v) is 7.28. The van der Waals surface area contributed by atoms with Crippen LogP contribution in [0.5, 0.6) is 11.5 Å². The Hall–Kier alpha value is -1.91. The zero-order chi connectivity index (χ0) is 15.7. The minimum Gasteiger partial charge on any atom is -0.493 e. The number of methoxy groups -OCH3 is 2. The summed E-state index contributed by atoms with van der Waals surface area (Å²) in [7, 11) is 7.16. The third kappa shape index (κ3) is 5.17. The Kier molecular flexibility index (Phi) is 7.43. The van der Waals surface area contributed by atoms with Crippen LogP contribution in [0.2, 0.25) is 0 Å². The standard InChI is InChI=1S/C16H27N3O2/c1-6-10-18-16(17-2)19(3)11-9-13-7-8-14(20-4)15(12-13)21-5/h7-8,12H,6,9-11H2,1-5H3,(H,17,18). The SMILES string of the molecule is CCCNC(=NC)N(C)CCc1ccc(OC)c(OC)c1. The number of rotatable bonds is 7. The highest BCUT2D eigenvalue weighted by atomic mass is 16.5. The number of hydrogen-bond acceptors (Lipinski definition) is 3. The lowest BCUT2D eigenvalue weighted by Crippen LogP contribution is -2.40. The summed E-state index contributed by atoms with van der Waals surface area (Å²) < 4.78 is 10.6. The van der Waals surface area contributed by atoms with Crippen LogP contribution in [0.3, 0.4) is 0 Å². The lowest BCUT2D eigenvalue weighted by molar-refractivity contribution is 0.354. The third-order valence-corrected chi connectivity index (χ3v) is 3.29. The minimum atomic E-state index is 0.759.